The molecule has 0 radical (unpaired) electrons. The van der Waals surface area contributed by atoms with E-state index >= 15 is 0 Å². The lowest BCUT2D eigenvalue weighted by atomic mass is 9.99. The zero-order valence-electron chi connectivity index (χ0n) is 32.5. The Morgan fingerprint density at radius 2 is 1.65 bits per heavy atom. The lowest BCUT2D eigenvalue weighted by Gasteiger charge is -2.36. The Hall–Kier alpha value is -5.74. The minimum atomic E-state index is -4.33. The van der Waals surface area contributed by atoms with Crippen LogP contribution in [0.1, 0.15) is 24.8 Å². The Balaban J connectivity index is 0.938. The van der Waals surface area contributed by atoms with E-state index in [1.165, 1.54) is 41.3 Å². The lowest BCUT2D eigenvalue weighted by Crippen LogP contribution is -2.46. The molecule has 16 heteroatoms. The Kier molecular flexibility index (Phi) is 12.5. The van der Waals surface area contributed by atoms with Crippen molar-refractivity contribution in [3.63, 3.8) is 0 Å². The van der Waals surface area contributed by atoms with E-state index in [2.05, 4.69) is 59.4 Å². The molecule has 1 amide bonds. The molecule has 308 valence electrons. The third-order valence-corrected chi connectivity index (χ3v) is 13.3. The highest BCUT2D eigenvalue weighted by molar-refractivity contribution is 7.99. The first kappa shape index (κ1) is 41.0. The van der Waals surface area contributed by atoms with Crippen LogP contribution in [0.4, 0.5) is 22.9 Å². The molecule has 6 aromatic rings. The molecular formula is C44H43ClN8O5S2. The molecule has 2 aliphatic rings. The summed E-state index contributed by atoms with van der Waals surface area (Å²) in [5.74, 6) is 0.353. The van der Waals surface area contributed by atoms with Gasteiger partial charge in [-0.1, -0.05) is 66.2 Å². The van der Waals surface area contributed by atoms with E-state index in [1.807, 2.05) is 66.7 Å². The summed E-state index contributed by atoms with van der Waals surface area (Å²) in [7, 11) is -4.33. The number of sulfonamides is 1. The molecule has 13 nitrogen and oxygen atoms in total. The smallest absolute Gasteiger partial charge is 0.293 e. The standard InChI is InChI=1S/C44H43ClN8O5S2/c45-32-12-10-30(11-13-32)38-9-5-4-6-31(38)27-51-20-22-52(23-21-51)35-16-18-39-41(25-35)46-29-47-44(39)50-60(57,58)37-17-19-40(42(26-37)53(55)56)48-34(24-43(54)49-33-14-15-33)28-59-36-7-2-1-3-8-36/h1-13,16-19,25-26,29,33-34,48H,14-15,20-24,27-28H2,(H,49,54)(H,46,47,50)/t34-/m1/s1. The molecule has 1 saturated carbocycles. The van der Waals surface area contributed by atoms with E-state index in [0.717, 1.165) is 67.8 Å². The average molecular weight is 863 g/mol. The zero-order valence-corrected chi connectivity index (χ0v) is 34.9. The molecule has 2 heterocycles. The van der Waals surface area contributed by atoms with Crippen molar-refractivity contribution in [3.8, 4) is 11.1 Å². The topological polar surface area (TPSA) is 163 Å². The number of aromatic nitrogens is 2. The van der Waals surface area contributed by atoms with Crippen molar-refractivity contribution in [2.45, 2.75) is 47.7 Å². The van der Waals surface area contributed by atoms with Crippen LogP contribution < -0.4 is 20.3 Å². The quantitative estimate of drug-likeness (QED) is 0.0488. The van der Waals surface area contributed by atoms with Crippen LogP contribution >= 0.6 is 23.4 Å². The lowest BCUT2D eigenvalue weighted by molar-refractivity contribution is -0.384. The third kappa shape index (κ3) is 10.2. The summed E-state index contributed by atoms with van der Waals surface area (Å²) in [5, 5.41) is 19.7. The number of piperazine rings is 1. The van der Waals surface area contributed by atoms with Gasteiger partial charge in [-0.15, -0.1) is 11.8 Å². The largest absolute Gasteiger partial charge is 0.375 e. The minimum absolute atomic E-state index is 0.0558. The van der Waals surface area contributed by atoms with E-state index in [0.29, 0.717) is 21.7 Å². The van der Waals surface area contributed by atoms with Gasteiger partial charge in [-0.2, -0.15) is 0 Å². The number of fused-ring (bicyclic) bond motifs is 1. The number of hydrogen-bond acceptors (Lipinski definition) is 11. The number of halogens is 1. The maximum absolute atomic E-state index is 13.8. The van der Waals surface area contributed by atoms with E-state index in [-0.39, 0.29) is 34.8 Å². The van der Waals surface area contributed by atoms with Crippen molar-refractivity contribution in [3.05, 3.63) is 142 Å². The Morgan fingerprint density at radius 3 is 2.40 bits per heavy atom. The van der Waals surface area contributed by atoms with Crippen molar-refractivity contribution >= 4 is 73.1 Å². The van der Waals surface area contributed by atoms with Crippen molar-refractivity contribution in [2.24, 2.45) is 0 Å². The summed E-state index contributed by atoms with van der Waals surface area (Å²) in [6, 6.07) is 35.0. The van der Waals surface area contributed by atoms with Gasteiger partial charge in [0.25, 0.3) is 15.7 Å². The fourth-order valence-electron chi connectivity index (χ4n) is 7.26. The molecular weight excluding hydrogens is 820 g/mol. The number of carbonyl (C=O) groups is 1. The van der Waals surface area contributed by atoms with Crippen LogP contribution in [-0.2, 0) is 21.4 Å². The molecule has 1 aromatic heterocycles. The number of thioether (sulfide) groups is 1. The third-order valence-electron chi connectivity index (χ3n) is 10.6. The van der Waals surface area contributed by atoms with Crippen LogP contribution in [0.5, 0.6) is 0 Å². The van der Waals surface area contributed by atoms with Crippen molar-refractivity contribution in [2.75, 3.05) is 46.9 Å². The highest BCUT2D eigenvalue weighted by atomic mass is 35.5. The number of carbonyl (C=O) groups excluding carboxylic acids is 1. The maximum Gasteiger partial charge on any atom is 0.293 e. The number of benzene rings is 5. The predicted molar refractivity (Wildman–Crippen MR) is 238 cm³/mol. The van der Waals surface area contributed by atoms with Gasteiger partial charge < -0.3 is 15.5 Å². The molecule has 1 aliphatic carbocycles. The molecule has 5 aromatic carbocycles. The molecule has 1 atom stereocenters. The number of nitro groups is 1. The number of nitrogens with zero attached hydrogens (tertiary/aromatic N) is 5. The summed E-state index contributed by atoms with van der Waals surface area (Å²) >= 11 is 7.66. The van der Waals surface area contributed by atoms with Crippen LogP contribution in [0.15, 0.2) is 131 Å². The minimum Gasteiger partial charge on any atom is -0.375 e. The van der Waals surface area contributed by atoms with Gasteiger partial charge in [-0.3, -0.25) is 24.5 Å². The molecule has 0 spiro atoms. The fraction of sp³-hybridized carbons (Fsp3) is 0.250. The summed E-state index contributed by atoms with van der Waals surface area (Å²) < 4.78 is 30.1. The van der Waals surface area contributed by atoms with Gasteiger partial charge in [-0.25, -0.2) is 18.4 Å². The number of nitrogens with one attached hydrogen (secondary N) is 3. The maximum atomic E-state index is 13.8. The Morgan fingerprint density at radius 1 is 0.900 bits per heavy atom. The molecule has 3 N–H and O–H groups in total. The summed E-state index contributed by atoms with van der Waals surface area (Å²) in [6.45, 7) is 4.11. The summed E-state index contributed by atoms with van der Waals surface area (Å²) in [6.07, 6.45) is 3.26. The first-order valence-electron chi connectivity index (χ1n) is 19.7. The molecule has 8 rings (SSSR count). The fourth-order valence-corrected chi connectivity index (χ4v) is 9.38. The second kappa shape index (κ2) is 18.3. The number of nitro benzene ring substituents is 1. The Bertz CT molecular complexity index is 2610. The van der Waals surface area contributed by atoms with E-state index in [4.69, 9.17) is 11.6 Å². The summed E-state index contributed by atoms with van der Waals surface area (Å²) in [4.78, 5) is 38.6. The van der Waals surface area contributed by atoms with Gasteiger partial charge in [-0.05, 0) is 84.1 Å². The second-order valence-electron chi connectivity index (χ2n) is 14.9. The normalized spacial score (nSPS) is 15.1. The van der Waals surface area contributed by atoms with Gasteiger partial charge in [0.2, 0.25) is 5.91 Å². The first-order chi connectivity index (χ1) is 29.1. The van der Waals surface area contributed by atoms with E-state index < -0.39 is 26.7 Å². The number of amides is 1. The Labute approximate surface area is 357 Å². The van der Waals surface area contributed by atoms with Crippen LogP contribution in [0.25, 0.3) is 22.0 Å². The first-order valence-corrected chi connectivity index (χ1v) is 22.5. The highest BCUT2D eigenvalue weighted by Gasteiger charge is 2.28. The zero-order chi connectivity index (χ0) is 41.6. The van der Waals surface area contributed by atoms with Gasteiger partial charge in [0, 0.05) is 84.0 Å². The van der Waals surface area contributed by atoms with Crippen LogP contribution in [0.3, 0.4) is 0 Å². The molecule has 0 bridgehead atoms. The number of rotatable bonds is 16. The van der Waals surface area contributed by atoms with Crippen molar-refractivity contribution in [1.29, 1.82) is 0 Å². The van der Waals surface area contributed by atoms with Gasteiger partial charge >= 0.3 is 0 Å². The van der Waals surface area contributed by atoms with Gasteiger partial charge in [0.1, 0.15) is 12.0 Å². The summed E-state index contributed by atoms with van der Waals surface area (Å²) in [5.41, 5.74) is 4.76. The second-order valence-corrected chi connectivity index (χ2v) is 18.1. The molecule has 0 unspecified atom stereocenters. The van der Waals surface area contributed by atoms with Gasteiger partial charge in [0.05, 0.1) is 15.3 Å². The van der Waals surface area contributed by atoms with Crippen LogP contribution in [0.2, 0.25) is 5.02 Å². The SMILES string of the molecule is O=C(C[C@H](CSc1ccccc1)Nc1ccc(S(=O)(=O)Nc2ncnc3cc(N4CCN(Cc5ccccc5-c5ccc(Cl)cc5)CC4)ccc23)cc1[N+](=O)[O-])NC1CC1. The molecule has 1 aliphatic heterocycles. The van der Waals surface area contributed by atoms with E-state index in [1.54, 1.807) is 6.07 Å². The molecule has 60 heavy (non-hydrogen) atoms. The predicted octanol–water partition coefficient (Wildman–Crippen LogP) is 8.22. The van der Waals surface area contributed by atoms with Crippen LogP contribution in [-0.4, -0.2) is 78.1 Å². The molecule has 1 saturated heterocycles. The van der Waals surface area contributed by atoms with Gasteiger partial charge in [0.15, 0.2) is 5.82 Å². The number of hydrogen-bond donors (Lipinski definition) is 3. The molecule has 2 fully saturated rings. The monoisotopic (exact) mass is 862 g/mol. The highest BCUT2D eigenvalue weighted by Crippen LogP contribution is 2.33. The average Bonchev–Trinajstić information content (AvgIpc) is 4.07. The van der Waals surface area contributed by atoms with Crippen LogP contribution in [0, 0.1) is 10.1 Å². The number of anilines is 3. The van der Waals surface area contributed by atoms with E-state index in [9.17, 15) is 23.3 Å². The van der Waals surface area contributed by atoms with Crippen molar-refractivity contribution in [1.82, 2.24) is 20.2 Å². The van der Waals surface area contributed by atoms with Crippen molar-refractivity contribution < 1.29 is 18.1 Å².